The Balaban J connectivity index is 3.31. The van der Waals surface area contributed by atoms with Crippen LogP contribution in [0.15, 0.2) is 0 Å². The van der Waals surface area contributed by atoms with Crippen LogP contribution in [0.4, 0.5) is 8.78 Å². The minimum atomic E-state index is -2.57. The molecule has 0 saturated carbocycles. The molecule has 0 spiro atoms. The number of nitrogens with zero attached hydrogens (tertiary/aromatic N) is 2. The fraction of sp³-hybridized carbons (Fsp3) is 0.667. The van der Waals surface area contributed by atoms with E-state index in [9.17, 15) is 8.78 Å². The molecule has 0 aliphatic heterocycles. The highest BCUT2D eigenvalue weighted by Gasteiger charge is 2.26. The van der Waals surface area contributed by atoms with Gasteiger partial charge in [-0.15, -0.1) is 0 Å². The van der Waals surface area contributed by atoms with Gasteiger partial charge < -0.3 is 0 Å². The van der Waals surface area contributed by atoms with Crippen LogP contribution < -0.4 is 0 Å². The lowest BCUT2D eigenvalue weighted by molar-refractivity contribution is 0.150. The second-order valence-corrected chi connectivity index (χ2v) is 4.53. The zero-order valence-electron chi connectivity index (χ0n) is 8.61. The number of halogens is 3. The third kappa shape index (κ3) is 1.90. The highest BCUT2D eigenvalue weighted by Crippen LogP contribution is 2.32. The number of hydrogen-bond acceptors (Lipinski definition) is 1. The monoisotopic (exact) mass is 222 g/mol. The summed E-state index contributed by atoms with van der Waals surface area (Å²) >= 11 is 5.83. The molecule has 1 aromatic rings. The molecule has 0 aliphatic rings. The standard InChI is InChI=1S/C9H13ClF2N2/c1-5-6(8(11)12)7(10)14(13-5)9(2,3)4/h8H,1-4H3. The van der Waals surface area contributed by atoms with Gasteiger partial charge in [-0.2, -0.15) is 5.10 Å². The summed E-state index contributed by atoms with van der Waals surface area (Å²) in [6, 6.07) is 0. The molecule has 5 heteroatoms. The zero-order chi connectivity index (χ0) is 11.1. The van der Waals surface area contributed by atoms with Crippen LogP contribution in [0.2, 0.25) is 5.15 Å². The Kier molecular flexibility index (Phi) is 2.86. The first kappa shape index (κ1) is 11.4. The van der Waals surface area contributed by atoms with Gasteiger partial charge in [0, 0.05) is 0 Å². The Morgan fingerprint density at radius 3 is 2.07 bits per heavy atom. The fourth-order valence-electron chi connectivity index (χ4n) is 1.20. The van der Waals surface area contributed by atoms with Crippen molar-refractivity contribution in [3.63, 3.8) is 0 Å². The first-order chi connectivity index (χ1) is 6.25. The molecule has 2 nitrogen and oxygen atoms in total. The quantitative estimate of drug-likeness (QED) is 0.711. The Bertz CT molecular complexity index is 339. The van der Waals surface area contributed by atoms with Crippen LogP contribution in [0.5, 0.6) is 0 Å². The highest BCUT2D eigenvalue weighted by atomic mass is 35.5. The van der Waals surface area contributed by atoms with Crippen LogP contribution in [-0.2, 0) is 5.54 Å². The molecule has 80 valence electrons. The molecule has 0 aromatic carbocycles. The summed E-state index contributed by atoms with van der Waals surface area (Å²) in [4.78, 5) is 0. The number of aromatic nitrogens is 2. The van der Waals surface area contributed by atoms with Crippen molar-refractivity contribution in [2.75, 3.05) is 0 Å². The summed E-state index contributed by atoms with van der Waals surface area (Å²) in [6.07, 6.45) is -2.57. The van der Waals surface area contributed by atoms with E-state index in [0.717, 1.165) is 0 Å². The Morgan fingerprint density at radius 1 is 1.36 bits per heavy atom. The van der Waals surface area contributed by atoms with Gasteiger partial charge in [0.05, 0.1) is 16.8 Å². The first-order valence-corrected chi connectivity index (χ1v) is 4.66. The van der Waals surface area contributed by atoms with Gasteiger partial charge in [0.1, 0.15) is 5.15 Å². The van der Waals surface area contributed by atoms with Gasteiger partial charge in [0.15, 0.2) is 0 Å². The molecule has 1 heterocycles. The van der Waals surface area contributed by atoms with Crippen molar-refractivity contribution in [3.8, 4) is 0 Å². The summed E-state index contributed by atoms with van der Waals surface area (Å²) in [7, 11) is 0. The SMILES string of the molecule is Cc1nn(C(C)(C)C)c(Cl)c1C(F)F. The van der Waals surface area contributed by atoms with E-state index in [0.29, 0.717) is 5.69 Å². The lowest BCUT2D eigenvalue weighted by atomic mass is 10.1. The molecule has 0 unspecified atom stereocenters. The van der Waals surface area contributed by atoms with Gasteiger partial charge in [-0.1, -0.05) is 11.6 Å². The smallest absolute Gasteiger partial charge is 0.248 e. The molecule has 1 rings (SSSR count). The molecule has 0 amide bonds. The molecular weight excluding hydrogens is 210 g/mol. The fourth-order valence-corrected chi connectivity index (χ4v) is 1.71. The van der Waals surface area contributed by atoms with Gasteiger partial charge in [-0.05, 0) is 27.7 Å². The molecule has 0 fully saturated rings. The van der Waals surface area contributed by atoms with E-state index in [2.05, 4.69) is 5.10 Å². The van der Waals surface area contributed by atoms with Crippen molar-refractivity contribution in [1.82, 2.24) is 9.78 Å². The Morgan fingerprint density at radius 2 is 1.86 bits per heavy atom. The van der Waals surface area contributed by atoms with Crippen LogP contribution in [0.25, 0.3) is 0 Å². The Hall–Kier alpha value is -0.640. The van der Waals surface area contributed by atoms with E-state index < -0.39 is 6.43 Å². The average molecular weight is 223 g/mol. The molecule has 1 aromatic heterocycles. The van der Waals surface area contributed by atoms with Crippen molar-refractivity contribution < 1.29 is 8.78 Å². The van der Waals surface area contributed by atoms with Crippen LogP contribution in [0.3, 0.4) is 0 Å². The van der Waals surface area contributed by atoms with Crippen molar-refractivity contribution in [2.45, 2.75) is 39.7 Å². The topological polar surface area (TPSA) is 17.8 Å². The minimum absolute atomic E-state index is 0.0324. The van der Waals surface area contributed by atoms with Crippen molar-refractivity contribution in [3.05, 3.63) is 16.4 Å². The summed E-state index contributed by atoms with van der Waals surface area (Å²) in [6.45, 7) is 7.12. The lowest BCUT2D eigenvalue weighted by Gasteiger charge is -2.20. The normalized spacial score (nSPS) is 12.6. The van der Waals surface area contributed by atoms with Gasteiger partial charge in [0.25, 0.3) is 6.43 Å². The number of hydrogen-bond donors (Lipinski definition) is 0. The maximum absolute atomic E-state index is 12.6. The lowest BCUT2D eigenvalue weighted by Crippen LogP contribution is -2.23. The predicted octanol–water partition coefficient (Wildman–Crippen LogP) is 3.54. The second kappa shape index (κ2) is 3.50. The first-order valence-electron chi connectivity index (χ1n) is 4.28. The van der Waals surface area contributed by atoms with Gasteiger partial charge >= 0.3 is 0 Å². The summed E-state index contributed by atoms with van der Waals surface area (Å²) in [5.74, 6) is 0. The average Bonchev–Trinajstić information content (AvgIpc) is 2.24. The summed E-state index contributed by atoms with van der Waals surface area (Å²) in [5.41, 5.74) is -0.254. The summed E-state index contributed by atoms with van der Waals surface area (Å²) < 4.78 is 26.5. The molecule has 0 N–H and O–H groups in total. The maximum atomic E-state index is 12.6. The van der Waals surface area contributed by atoms with Gasteiger partial charge in [-0.3, -0.25) is 0 Å². The third-order valence-electron chi connectivity index (χ3n) is 1.90. The molecule has 0 atom stereocenters. The molecule has 0 radical (unpaired) electrons. The summed E-state index contributed by atoms with van der Waals surface area (Å²) in [5, 5.41) is 4.04. The molecule has 0 saturated heterocycles. The van der Waals surface area contributed by atoms with E-state index in [1.54, 1.807) is 0 Å². The molecule has 0 aliphatic carbocycles. The molecule has 14 heavy (non-hydrogen) atoms. The zero-order valence-corrected chi connectivity index (χ0v) is 9.36. The van der Waals surface area contributed by atoms with Crippen LogP contribution in [0, 0.1) is 6.92 Å². The Labute approximate surface area is 86.9 Å². The van der Waals surface area contributed by atoms with E-state index in [4.69, 9.17) is 11.6 Å². The van der Waals surface area contributed by atoms with E-state index >= 15 is 0 Å². The van der Waals surface area contributed by atoms with Crippen molar-refractivity contribution in [1.29, 1.82) is 0 Å². The molecule has 0 bridgehead atoms. The molecular formula is C9H13ClF2N2. The van der Waals surface area contributed by atoms with Crippen LogP contribution in [-0.4, -0.2) is 9.78 Å². The van der Waals surface area contributed by atoms with Gasteiger partial charge in [0.2, 0.25) is 0 Å². The van der Waals surface area contributed by atoms with Gasteiger partial charge in [-0.25, -0.2) is 13.5 Å². The van der Waals surface area contributed by atoms with Crippen LogP contribution >= 0.6 is 11.6 Å². The van der Waals surface area contributed by atoms with E-state index in [-0.39, 0.29) is 16.3 Å². The predicted molar refractivity (Wildman–Crippen MR) is 51.9 cm³/mol. The minimum Gasteiger partial charge on any atom is -0.248 e. The number of aryl methyl sites for hydroxylation is 1. The maximum Gasteiger partial charge on any atom is 0.268 e. The van der Waals surface area contributed by atoms with E-state index in [1.807, 2.05) is 20.8 Å². The van der Waals surface area contributed by atoms with Crippen molar-refractivity contribution >= 4 is 11.6 Å². The second-order valence-electron chi connectivity index (χ2n) is 4.17. The largest absolute Gasteiger partial charge is 0.268 e. The highest BCUT2D eigenvalue weighted by molar-refractivity contribution is 6.30. The van der Waals surface area contributed by atoms with Crippen LogP contribution in [0.1, 0.15) is 38.5 Å². The third-order valence-corrected chi connectivity index (χ3v) is 2.27. The van der Waals surface area contributed by atoms with Crippen molar-refractivity contribution in [2.24, 2.45) is 0 Å². The number of alkyl halides is 2. The van der Waals surface area contributed by atoms with E-state index in [1.165, 1.54) is 11.6 Å². The number of rotatable bonds is 1.